The van der Waals surface area contributed by atoms with Gasteiger partial charge in [0.2, 0.25) is 0 Å². The van der Waals surface area contributed by atoms with Gasteiger partial charge in [0.15, 0.2) is 0 Å². The number of hydrogen-bond donors (Lipinski definition) is 1. The molecule has 0 unspecified atom stereocenters. The number of likely N-dealkylation sites (N-methyl/N-ethyl adjacent to an activating group) is 1. The van der Waals surface area contributed by atoms with Gasteiger partial charge in [-0.25, -0.2) is 4.79 Å². The number of amides is 2. The summed E-state index contributed by atoms with van der Waals surface area (Å²) in [5, 5.41) is 2.76. The Bertz CT molecular complexity index is 797. The number of rotatable bonds is 6. The summed E-state index contributed by atoms with van der Waals surface area (Å²) >= 11 is 0. The van der Waals surface area contributed by atoms with E-state index >= 15 is 0 Å². The molecule has 1 N–H and O–H groups in total. The lowest BCUT2D eigenvalue weighted by atomic mass is 10.2. The second-order valence-electron chi connectivity index (χ2n) is 6.95. The number of hydrogen-bond acceptors (Lipinski definition) is 3. The van der Waals surface area contributed by atoms with Gasteiger partial charge in [0.1, 0.15) is 5.75 Å². The van der Waals surface area contributed by atoms with E-state index in [1.807, 2.05) is 25.1 Å². The summed E-state index contributed by atoms with van der Waals surface area (Å²) < 4.78 is 40.6. The predicted molar refractivity (Wildman–Crippen MR) is 105 cm³/mol. The molecule has 5 nitrogen and oxygen atoms in total. The van der Waals surface area contributed by atoms with Gasteiger partial charge in [-0.3, -0.25) is 4.90 Å². The molecular weight excluding hydrogens is 383 g/mol. The van der Waals surface area contributed by atoms with Gasteiger partial charge in [-0.2, -0.15) is 0 Å². The smallest absolute Gasteiger partial charge is 0.406 e. The number of nitrogens with one attached hydrogen (secondary N) is 1. The Morgan fingerprint density at radius 1 is 1.17 bits per heavy atom. The molecule has 0 radical (unpaired) electrons. The molecule has 0 aliphatic carbocycles. The molecular formula is C21H24F3N3O2. The zero-order chi connectivity index (χ0) is 20.9. The van der Waals surface area contributed by atoms with E-state index in [4.69, 9.17) is 0 Å². The van der Waals surface area contributed by atoms with E-state index in [1.165, 1.54) is 29.8 Å². The Morgan fingerprint density at radius 2 is 1.86 bits per heavy atom. The van der Waals surface area contributed by atoms with Crippen molar-refractivity contribution in [2.75, 3.05) is 25.0 Å². The normalized spacial score (nSPS) is 17.2. The molecule has 1 aliphatic heterocycles. The predicted octanol–water partition coefficient (Wildman–Crippen LogP) is 4.71. The van der Waals surface area contributed by atoms with Crippen LogP contribution in [-0.2, 0) is 6.54 Å². The number of ether oxygens (including phenoxy) is 1. The molecule has 2 amide bonds. The lowest BCUT2D eigenvalue weighted by Gasteiger charge is -2.28. The van der Waals surface area contributed by atoms with Gasteiger partial charge in [-0.05, 0) is 43.2 Å². The van der Waals surface area contributed by atoms with E-state index in [9.17, 15) is 18.0 Å². The molecule has 0 spiro atoms. The fourth-order valence-electron chi connectivity index (χ4n) is 3.55. The summed E-state index contributed by atoms with van der Waals surface area (Å²) in [5.41, 5.74) is 1.66. The van der Waals surface area contributed by atoms with Gasteiger partial charge in [-0.15, -0.1) is 13.2 Å². The summed E-state index contributed by atoms with van der Waals surface area (Å²) in [6.45, 7) is 5.00. The van der Waals surface area contributed by atoms with Crippen molar-refractivity contribution < 1.29 is 22.7 Å². The largest absolute Gasteiger partial charge is 0.573 e. The van der Waals surface area contributed by atoms with Crippen LogP contribution in [0.4, 0.5) is 23.7 Å². The van der Waals surface area contributed by atoms with Gasteiger partial charge in [-0.1, -0.05) is 30.3 Å². The molecule has 29 heavy (non-hydrogen) atoms. The van der Waals surface area contributed by atoms with Crippen LogP contribution in [0.3, 0.4) is 0 Å². The van der Waals surface area contributed by atoms with Crippen LogP contribution in [0, 0.1) is 0 Å². The number of urea groups is 1. The second kappa shape index (κ2) is 9.17. The van der Waals surface area contributed by atoms with Gasteiger partial charge < -0.3 is 15.0 Å². The maximum absolute atomic E-state index is 12.7. The zero-order valence-corrected chi connectivity index (χ0v) is 16.2. The molecule has 1 aliphatic rings. The van der Waals surface area contributed by atoms with Crippen LogP contribution in [0.1, 0.15) is 18.9 Å². The molecule has 1 saturated heterocycles. The third-order valence-electron chi connectivity index (χ3n) is 4.88. The fourth-order valence-corrected chi connectivity index (χ4v) is 3.55. The molecule has 2 aromatic rings. The van der Waals surface area contributed by atoms with Crippen LogP contribution in [0.2, 0.25) is 0 Å². The molecule has 8 heteroatoms. The van der Waals surface area contributed by atoms with Crippen molar-refractivity contribution in [3.8, 4) is 5.75 Å². The minimum Gasteiger partial charge on any atom is -0.406 e. The SMILES string of the molecule is CCN(C(=O)Nc1ccc(OC(F)(F)F)cc1)[C@@H]1CCN(Cc2ccccc2)C1. The molecule has 3 rings (SSSR count). The lowest BCUT2D eigenvalue weighted by Crippen LogP contribution is -2.44. The summed E-state index contributed by atoms with van der Waals surface area (Å²) in [6.07, 6.45) is -3.86. The third kappa shape index (κ3) is 6.12. The molecule has 0 aromatic heterocycles. The minimum atomic E-state index is -4.74. The highest BCUT2D eigenvalue weighted by Crippen LogP contribution is 2.24. The third-order valence-corrected chi connectivity index (χ3v) is 4.88. The first-order valence-electron chi connectivity index (χ1n) is 9.54. The molecule has 0 saturated carbocycles. The van der Waals surface area contributed by atoms with E-state index < -0.39 is 6.36 Å². The average Bonchev–Trinajstić information content (AvgIpc) is 3.11. The highest BCUT2D eigenvalue weighted by atomic mass is 19.4. The summed E-state index contributed by atoms with van der Waals surface area (Å²) in [7, 11) is 0. The van der Waals surface area contributed by atoms with Crippen molar-refractivity contribution >= 4 is 11.7 Å². The van der Waals surface area contributed by atoms with Crippen LogP contribution in [0.25, 0.3) is 0 Å². The quantitative estimate of drug-likeness (QED) is 0.754. The van der Waals surface area contributed by atoms with Crippen molar-refractivity contribution in [2.45, 2.75) is 32.3 Å². The van der Waals surface area contributed by atoms with Crippen molar-refractivity contribution in [3.05, 3.63) is 60.2 Å². The van der Waals surface area contributed by atoms with E-state index in [2.05, 4.69) is 27.1 Å². The number of alkyl halides is 3. The standard InChI is InChI=1S/C21H24F3N3O2/c1-2-27(18-12-13-26(15-18)14-16-6-4-3-5-7-16)20(28)25-17-8-10-19(11-9-17)29-21(22,23)24/h3-11,18H,2,12-15H2,1H3,(H,25,28)/t18-/m1/s1. The van der Waals surface area contributed by atoms with Crippen LogP contribution < -0.4 is 10.1 Å². The first-order chi connectivity index (χ1) is 13.8. The van der Waals surface area contributed by atoms with Crippen LogP contribution in [0.5, 0.6) is 5.75 Å². The fraction of sp³-hybridized carbons (Fsp3) is 0.381. The highest BCUT2D eigenvalue weighted by molar-refractivity contribution is 5.89. The number of anilines is 1. The summed E-state index contributed by atoms with van der Waals surface area (Å²) in [4.78, 5) is 16.8. The highest BCUT2D eigenvalue weighted by Gasteiger charge is 2.31. The number of likely N-dealkylation sites (tertiary alicyclic amines) is 1. The van der Waals surface area contributed by atoms with Crippen LogP contribution in [-0.4, -0.2) is 47.9 Å². The van der Waals surface area contributed by atoms with E-state index in [0.29, 0.717) is 12.2 Å². The van der Waals surface area contributed by atoms with Gasteiger partial charge in [0, 0.05) is 37.9 Å². The van der Waals surface area contributed by atoms with Gasteiger partial charge >= 0.3 is 12.4 Å². The average molecular weight is 407 g/mol. The number of carbonyl (C=O) groups is 1. The minimum absolute atomic E-state index is 0.0940. The summed E-state index contributed by atoms with van der Waals surface area (Å²) in [5.74, 6) is -0.324. The number of nitrogens with zero attached hydrogens (tertiary/aromatic N) is 2. The van der Waals surface area contributed by atoms with Crippen molar-refractivity contribution in [1.82, 2.24) is 9.80 Å². The zero-order valence-electron chi connectivity index (χ0n) is 16.2. The first kappa shape index (κ1) is 21.0. The van der Waals surface area contributed by atoms with E-state index in [0.717, 1.165) is 26.1 Å². The maximum atomic E-state index is 12.7. The monoisotopic (exact) mass is 407 g/mol. The molecule has 156 valence electrons. The molecule has 0 bridgehead atoms. The number of carbonyl (C=O) groups excluding carboxylic acids is 1. The Hall–Kier alpha value is -2.74. The number of benzene rings is 2. The maximum Gasteiger partial charge on any atom is 0.573 e. The van der Waals surface area contributed by atoms with Crippen LogP contribution in [0.15, 0.2) is 54.6 Å². The Morgan fingerprint density at radius 3 is 2.48 bits per heavy atom. The van der Waals surface area contributed by atoms with Crippen molar-refractivity contribution in [3.63, 3.8) is 0 Å². The first-order valence-corrected chi connectivity index (χ1v) is 9.54. The molecule has 1 heterocycles. The molecule has 1 fully saturated rings. The Balaban J connectivity index is 1.55. The topological polar surface area (TPSA) is 44.8 Å². The van der Waals surface area contributed by atoms with Crippen molar-refractivity contribution in [1.29, 1.82) is 0 Å². The Labute approximate surface area is 168 Å². The van der Waals surface area contributed by atoms with Gasteiger partial charge in [0.25, 0.3) is 0 Å². The molecule has 1 atom stereocenters. The van der Waals surface area contributed by atoms with E-state index in [1.54, 1.807) is 4.90 Å². The van der Waals surface area contributed by atoms with Crippen molar-refractivity contribution in [2.24, 2.45) is 0 Å². The van der Waals surface area contributed by atoms with E-state index in [-0.39, 0.29) is 17.8 Å². The number of halogens is 3. The van der Waals surface area contributed by atoms with Gasteiger partial charge in [0.05, 0.1) is 0 Å². The second-order valence-corrected chi connectivity index (χ2v) is 6.95. The lowest BCUT2D eigenvalue weighted by molar-refractivity contribution is -0.274. The molecule has 2 aromatic carbocycles. The van der Waals surface area contributed by atoms with Crippen LogP contribution >= 0.6 is 0 Å². The summed E-state index contributed by atoms with van der Waals surface area (Å²) in [6, 6.07) is 15.2. The Kier molecular flexibility index (Phi) is 6.64.